The monoisotopic (exact) mass is 1070 g/mol. The highest BCUT2D eigenvalue weighted by molar-refractivity contribution is 5.90. The highest BCUT2D eigenvalue weighted by atomic mass is 19.1. The van der Waals surface area contributed by atoms with Gasteiger partial charge in [0, 0.05) is 35.2 Å². The third-order valence-corrected chi connectivity index (χ3v) is 15.0. The highest BCUT2D eigenvalue weighted by Crippen LogP contribution is 2.38. The zero-order valence-electron chi connectivity index (χ0n) is 44.4. The van der Waals surface area contributed by atoms with E-state index in [-0.39, 0.29) is 18.3 Å². The van der Waals surface area contributed by atoms with Gasteiger partial charge >= 0.3 is 12.2 Å². The molecule has 0 fully saturated rings. The van der Waals surface area contributed by atoms with E-state index in [1.807, 2.05) is 73.7 Å². The first kappa shape index (κ1) is 51.1. The lowest BCUT2D eigenvalue weighted by Gasteiger charge is -2.28. The maximum Gasteiger partial charge on any atom is 0.413 e. The molecule has 19 heteroatoms. The number of anilines is 3. The summed E-state index contributed by atoms with van der Waals surface area (Å²) in [7, 11) is 2.61. The molecule has 0 spiro atoms. The standard InChI is InChI=1S/C61H56FN11O7/c1-34-23-42-25-38(40-7-14-49-52(28-40)68-58(66-49)71-60(74)76-3)9-17-54(42)78-21-19-37(34)27-51-47-30-45(13-16-48(47)63-33-64-51)80-32-56-65-35(2)46(24-36-5-11-44(62)12-6-36)57(70-56)73-20-22-79-55-18-10-39(26-43(55)31-73)41-8-15-50-53(29-41)69-59(67-50)72-61(75)77-4/h5-18,25-26,28-30,33-34,37H,19-24,27,31-32H2,1-4H3,(H2,66,68,71,74)(H2,67,69,72,75). The predicted octanol–water partition coefficient (Wildman–Crippen LogP) is 11.7. The number of hydrogen-bond acceptors (Lipinski definition) is 14. The van der Waals surface area contributed by atoms with Crippen LogP contribution in [0, 0.1) is 24.6 Å². The van der Waals surface area contributed by atoms with Crippen LogP contribution in [-0.2, 0) is 41.9 Å². The average molecular weight is 1070 g/mol. The van der Waals surface area contributed by atoms with Gasteiger partial charge < -0.3 is 38.6 Å². The number of nitrogens with one attached hydrogen (secondary N) is 4. The van der Waals surface area contributed by atoms with Crippen LogP contribution in [0.5, 0.6) is 17.2 Å². The van der Waals surface area contributed by atoms with Crippen molar-refractivity contribution in [1.82, 2.24) is 39.9 Å². The Kier molecular flexibility index (Phi) is 14.1. The molecule has 0 bridgehead atoms. The van der Waals surface area contributed by atoms with Crippen molar-refractivity contribution in [2.24, 2.45) is 11.8 Å². The predicted molar refractivity (Wildman–Crippen MR) is 302 cm³/mol. The summed E-state index contributed by atoms with van der Waals surface area (Å²) in [5.74, 6) is 4.44. The van der Waals surface area contributed by atoms with E-state index in [1.165, 1.54) is 26.4 Å². The molecule has 4 aromatic heterocycles. The fourth-order valence-electron chi connectivity index (χ4n) is 10.7. The molecule has 404 valence electrons. The molecule has 0 saturated heterocycles. The number of nitrogens with zero attached hydrogens (tertiary/aromatic N) is 7. The van der Waals surface area contributed by atoms with E-state index in [1.54, 1.807) is 18.5 Å². The summed E-state index contributed by atoms with van der Waals surface area (Å²) < 4.78 is 43.0. The minimum absolute atomic E-state index is 0.0962. The molecule has 2 amide bonds. The fourth-order valence-corrected chi connectivity index (χ4v) is 10.7. The summed E-state index contributed by atoms with van der Waals surface area (Å²) in [5.41, 5.74) is 13.5. The lowest BCUT2D eigenvalue weighted by atomic mass is 9.81. The molecule has 12 rings (SSSR count). The lowest BCUT2D eigenvalue weighted by Crippen LogP contribution is -2.28. The normalized spacial score (nSPS) is 15.2. The number of aromatic nitrogens is 8. The Morgan fingerprint density at radius 3 is 2.02 bits per heavy atom. The number of hydrogen-bond donors (Lipinski definition) is 4. The number of imidazole rings is 2. The van der Waals surface area contributed by atoms with Crippen LogP contribution in [0.3, 0.4) is 0 Å². The van der Waals surface area contributed by atoms with Gasteiger partial charge in [0.25, 0.3) is 0 Å². The number of H-pyrrole nitrogens is 2. The van der Waals surface area contributed by atoms with E-state index in [0.717, 1.165) is 120 Å². The first-order valence-electron chi connectivity index (χ1n) is 26.4. The van der Waals surface area contributed by atoms with Gasteiger partial charge in [-0.15, -0.1) is 0 Å². The minimum atomic E-state index is -0.613. The first-order valence-corrected chi connectivity index (χ1v) is 26.4. The molecule has 80 heavy (non-hydrogen) atoms. The van der Waals surface area contributed by atoms with Crippen molar-refractivity contribution in [2.75, 3.05) is 49.5 Å². The van der Waals surface area contributed by atoms with Crippen LogP contribution < -0.4 is 29.7 Å². The number of aromatic amines is 2. The number of ether oxygens (including phenoxy) is 5. The van der Waals surface area contributed by atoms with Gasteiger partial charge in [-0.1, -0.05) is 43.3 Å². The zero-order chi connectivity index (χ0) is 54.9. The molecule has 6 aromatic carbocycles. The Labute approximate surface area is 459 Å². The summed E-state index contributed by atoms with van der Waals surface area (Å²) in [6.07, 6.45) is 3.31. The van der Waals surface area contributed by atoms with Gasteiger partial charge in [-0.3, -0.25) is 10.6 Å². The van der Waals surface area contributed by atoms with Crippen LogP contribution in [0.1, 0.15) is 52.8 Å². The van der Waals surface area contributed by atoms with Crippen LogP contribution in [-0.4, -0.2) is 86.0 Å². The Morgan fingerprint density at radius 2 is 1.34 bits per heavy atom. The van der Waals surface area contributed by atoms with Gasteiger partial charge in [0.05, 0.1) is 60.6 Å². The van der Waals surface area contributed by atoms with Crippen molar-refractivity contribution in [3.8, 4) is 39.5 Å². The minimum Gasteiger partial charge on any atom is -0.493 e. The highest BCUT2D eigenvalue weighted by Gasteiger charge is 2.27. The van der Waals surface area contributed by atoms with E-state index in [9.17, 15) is 14.0 Å². The molecule has 4 N–H and O–H groups in total. The Morgan fingerprint density at radius 1 is 0.713 bits per heavy atom. The second-order valence-corrected chi connectivity index (χ2v) is 20.2. The van der Waals surface area contributed by atoms with Gasteiger partial charge in [-0.05, 0) is 150 Å². The summed E-state index contributed by atoms with van der Waals surface area (Å²) >= 11 is 0. The number of rotatable bonds is 12. The third-order valence-electron chi connectivity index (χ3n) is 15.0. The van der Waals surface area contributed by atoms with Crippen molar-refractivity contribution in [3.05, 3.63) is 167 Å². The van der Waals surface area contributed by atoms with Crippen LogP contribution in [0.15, 0.2) is 122 Å². The van der Waals surface area contributed by atoms with Crippen molar-refractivity contribution >= 4 is 62.9 Å². The number of amides is 2. The molecule has 0 aliphatic carbocycles. The molecule has 18 nitrogen and oxygen atoms in total. The SMILES string of the molecule is COC(=O)Nc1nc2ccc(-c3ccc4c(c3)CC(C)C(Cc3ncnc5ccc(OCc6nc(C)c(Cc7ccc(F)cc7)c(N7CCOc8ccc(-c9ccc%10nc(NC(=O)OC)[nH]c%10c9)cc8C7)n6)cc35)CCO4)cc2[nH]1. The quantitative estimate of drug-likeness (QED) is 0.0895. The molecule has 2 aliphatic rings. The van der Waals surface area contributed by atoms with E-state index >= 15 is 0 Å². The topological polar surface area (TPSA) is 217 Å². The Bertz CT molecular complexity index is 3980. The zero-order valence-corrected chi connectivity index (χ0v) is 44.4. The van der Waals surface area contributed by atoms with Crippen molar-refractivity contribution in [2.45, 2.75) is 52.7 Å². The summed E-state index contributed by atoms with van der Waals surface area (Å²) in [4.78, 5) is 60.9. The first-order chi connectivity index (χ1) is 39.0. The second kappa shape index (κ2) is 22.0. The largest absolute Gasteiger partial charge is 0.493 e. The number of carbonyl (C=O) groups excluding carboxylic acids is 2. The second-order valence-electron chi connectivity index (χ2n) is 20.2. The number of fused-ring (bicyclic) bond motifs is 5. The summed E-state index contributed by atoms with van der Waals surface area (Å²) in [6.45, 7) is 6.41. The Balaban J connectivity index is 0.776. The fraction of sp³-hybridized carbons (Fsp3) is 0.246. The summed E-state index contributed by atoms with van der Waals surface area (Å²) in [6, 6.07) is 36.8. The van der Waals surface area contributed by atoms with Crippen LogP contribution in [0.4, 0.5) is 31.7 Å². The van der Waals surface area contributed by atoms with Gasteiger partial charge in [0.2, 0.25) is 11.9 Å². The third kappa shape index (κ3) is 10.9. The number of methoxy groups -OCH3 is 2. The van der Waals surface area contributed by atoms with Crippen LogP contribution in [0.25, 0.3) is 55.2 Å². The van der Waals surface area contributed by atoms with Gasteiger partial charge in [-0.25, -0.2) is 43.9 Å². The summed E-state index contributed by atoms with van der Waals surface area (Å²) in [5, 5.41) is 6.11. The van der Waals surface area contributed by atoms with E-state index in [2.05, 4.69) is 71.6 Å². The molecular formula is C61H56FN11O7. The lowest BCUT2D eigenvalue weighted by molar-refractivity contribution is 0.186. The number of carbonyl (C=O) groups is 2. The van der Waals surface area contributed by atoms with Crippen molar-refractivity contribution < 1.29 is 37.7 Å². The number of aryl methyl sites for hydroxylation is 1. The van der Waals surface area contributed by atoms with Gasteiger partial charge in [0.15, 0.2) is 5.82 Å². The van der Waals surface area contributed by atoms with Gasteiger partial charge in [0.1, 0.15) is 48.4 Å². The van der Waals surface area contributed by atoms with E-state index in [0.29, 0.717) is 67.6 Å². The Hall–Kier alpha value is -9.65. The average Bonchev–Trinajstić information content (AvgIpc) is 4.02. The van der Waals surface area contributed by atoms with Gasteiger partial charge in [-0.2, -0.15) is 0 Å². The molecule has 0 saturated carbocycles. The smallest absolute Gasteiger partial charge is 0.413 e. The molecule has 2 unspecified atom stereocenters. The number of halogens is 1. The molecule has 2 atom stereocenters. The molecule has 10 aromatic rings. The maximum absolute atomic E-state index is 14.1. The molecule has 0 radical (unpaired) electrons. The van der Waals surface area contributed by atoms with Crippen molar-refractivity contribution in [1.29, 1.82) is 0 Å². The number of benzene rings is 6. The van der Waals surface area contributed by atoms with E-state index < -0.39 is 12.2 Å². The van der Waals surface area contributed by atoms with E-state index in [4.69, 9.17) is 38.6 Å². The molecular weight excluding hydrogens is 1020 g/mol. The molecule has 6 heterocycles. The molecule has 2 aliphatic heterocycles. The van der Waals surface area contributed by atoms with Crippen LogP contribution >= 0.6 is 0 Å². The van der Waals surface area contributed by atoms with Crippen LogP contribution in [0.2, 0.25) is 0 Å². The van der Waals surface area contributed by atoms with Crippen molar-refractivity contribution in [3.63, 3.8) is 0 Å². The maximum atomic E-state index is 14.1.